The van der Waals surface area contributed by atoms with Gasteiger partial charge in [-0.2, -0.15) is 0 Å². The number of nitrogens with one attached hydrogen (secondary N) is 1. The van der Waals surface area contributed by atoms with E-state index in [9.17, 15) is 9.59 Å². The summed E-state index contributed by atoms with van der Waals surface area (Å²) in [5.74, 6) is 1.19. The highest BCUT2D eigenvalue weighted by Gasteiger charge is 2.28. The summed E-state index contributed by atoms with van der Waals surface area (Å²) in [4.78, 5) is 27.8. The number of hydrogen-bond acceptors (Lipinski definition) is 5. The molecule has 2 amide bonds. The van der Waals surface area contributed by atoms with Gasteiger partial charge < -0.3 is 24.4 Å². The highest BCUT2D eigenvalue weighted by molar-refractivity contribution is 5.88. The first kappa shape index (κ1) is 24.4. The number of amides is 2. The van der Waals surface area contributed by atoms with Crippen LogP contribution in [0.2, 0.25) is 0 Å². The van der Waals surface area contributed by atoms with Crippen LogP contribution >= 0.6 is 0 Å². The summed E-state index contributed by atoms with van der Waals surface area (Å²) in [6.07, 6.45) is 5.46. The second-order valence-corrected chi connectivity index (χ2v) is 8.36. The van der Waals surface area contributed by atoms with E-state index in [0.717, 1.165) is 31.2 Å². The smallest absolute Gasteiger partial charge is 0.261 e. The van der Waals surface area contributed by atoms with Crippen LogP contribution in [-0.4, -0.2) is 49.6 Å². The fourth-order valence-electron chi connectivity index (χ4n) is 4.02. The number of methoxy groups -OCH3 is 2. The second-order valence-electron chi connectivity index (χ2n) is 8.36. The minimum atomic E-state index is -0.622. The van der Waals surface area contributed by atoms with E-state index in [-0.39, 0.29) is 24.5 Å². The van der Waals surface area contributed by atoms with Gasteiger partial charge in [-0.15, -0.1) is 0 Å². The van der Waals surface area contributed by atoms with Crippen LogP contribution in [0.5, 0.6) is 17.2 Å². The van der Waals surface area contributed by atoms with E-state index in [4.69, 9.17) is 14.2 Å². The van der Waals surface area contributed by atoms with Crippen LogP contribution in [0, 0.1) is 0 Å². The molecule has 33 heavy (non-hydrogen) atoms. The predicted molar refractivity (Wildman–Crippen MR) is 127 cm³/mol. The van der Waals surface area contributed by atoms with Crippen LogP contribution < -0.4 is 19.5 Å². The third kappa shape index (κ3) is 7.14. The van der Waals surface area contributed by atoms with E-state index in [1.165, 1.54) is 6.42 Å². The van der Waals surface area contributed by atoms with Crippen LogP contribution in [0.15, 0.2) is 48.5 Å². The Morgan fingerprint density at radius 3 is 2.18 bits per heavy atom. The van der Waals surface area contributed by atoms with Crippen molar-refractivity contribution in [2.75, 3.05) is 20.8 Å². The van der Waals surface area contributed by atoms with Gasteiger partial charge in [0.25, 0.3) is 5.91 Å². The van der Waals surface area contributed by atoms with Crippen molar-refractivity contribution in [1.82, 2.24) is 10.2 Å². The maximum Gasteiger partial charge on any atom is 0.261 e. The van der Waals surface area contributed by atoms with Crippen LogP contribution in [0.4, 0.5) is 0 Å². The summed E-state index contributed by atoms with van der Waals surface area (Å²) in [6, 6.07) is 14.3. The van der Waals surface area contributed by atoms with Gasteiger partial charge in [0.2, 0.25) is 5.91 Å². The fourth-order valence-corrected chi connectivity index (χ4v) is 4.02. The molecule has 1 atom stereocenters. The highest BCUT2D eigenvalue weighted by atomic mass is 16.5. The Kier molecular flexibility index (Phi) is 8.98. The van der Waals surface area contributed by atoms with Crippen LogP contribution in [0.25, 0.3) is 0 Å². The Balaban J connectivity index is 1.71. The van der Waals surface area contributed by atoms with Gasteiger partial charge in [0.15, 0.2) is 6.61 Å². The van der Waals surface area contributed by atoms with Gasteiger partial charge in [-0.1, -0.05) is 49.6 Å². The summed E-state index contributed by atoms with van der Waals surface area (Å²) in [6.45, 7) is 1.89. The quantitative estimate of drug-likeness (QED) is 0.588. The van der Waals surface area contributed by atoms with Crippen molar-refractivity contribution in [3.05, 3.63) is 54.1 Å². The van der Waals surface area contributed by atoms with Gasteiger partial charge in [0.05, 0.1) is 14.2 Å². The Morgan fingerprint density at radius 1 is 0.970 bits per heavy atom. The molecule has 1 N–H and O–H groups in total. The average molecular weight is 455 g/mol. The zero-order valence-electron chi connectivity index (χ0n) is 19.7. The number of benzene rings is 2. The van der Waals surface area contributed by atoms with E-state index >= 15 is 0 Å². The molecule has 2 aromatic rings. The molecular formula is C26H34N2O5. The van der Waals surface area contributed by atoms with Crippen molar-refractivity contribution in [2.45, 2.75) is 57.7 Å². The lowest BCUT2D eigenvalue weighted by molar-refractivity contribution is -0.142. The van der Waals surface area contributed by atoms with Gasteiger partial charge in [-0.05, 0) is 25.3 Å². The van der Waals surface area contributed by atoms with Crippen molar-refractivity contribution in [1.29, 1.82) is 0 Å². The predicted octanol–water partition coefficient (Wildman–Crippen LogP) is 3.95. The first-order valence-corrected chi connectivity index (χ1v) is 11.5. The molecule has 1 aliphatic rings. The third-order valence-corrected chi connectivity index (χ3v) is 6.00. The van der Waals surface area contributed by atoms with Crippen molar-refractivity contribution in [3.8, 4) is 17.2 Å². The largest absolute Gasteiger partial charge is 0.496 e. The molecule has 0 saturated heterocycles. The molecule has 0 aromatic heterocycles. The molecule has 2 aromatic carbocycles. The Morgan fingerprint density at radius 2 is 1.58 bits per heavy atom. The first-order valence-electron chi connectivity index (χ1n) is 11.5. The summed E-state index contributed by atoms with van der Waals surface area (Å²) in [5.41, 5.74) is 0.950. The maximum atomic E-state index is 13.2. The molecule has 7 nitrogen and oxygen atoms in total. The molecule has 0 unspecified atom stereocenters. The molecule has 7 heteroatoms. The summed E-state index contributed by atoms with van der Waals surface area (Å²) < 4.78 is 16.3. The van der Waals surface area contributed by atoms with E-state index in [1.54, 1.807) is 44.2 Å². The zero-order chi connectivity index (χ0) is 23.6. The number of nitrogens with zero attached hydrogens (tertiary/aromatic N) is 1. The van der Waals surface area contributed by atoms with Crippen molar-refractivity contribution in [2.24, 2.45) is 0 Å². The molecule has 0 radical (unpaired) electrons. The van der Waals surface area contributed by atoms with Crippen LogP contribution in [0.1, 0.15) is 44.6 Å². The van der Waals surface area contributed by atoms with E-state index in [0.29, 0.717) is 23.8 Å². The van der Waals surface area contributed by atoms with Gasteiger partial charge >= 0.3 is 0 Å². The lowest BCUT2D eigenvalue weighted by Crippen LogP contribution is -2.51. The van der Waals surface area contributed by atoms with Gasteiger partial charge in [-0.25, -0.2) is 0 Å². The Hall–Kier alpha value is -3.22. The number of hydrogen-bond donors (Lipinski definition) is 1. The molecular weight excluding hydrogens is 420 g/mol. The summed E-state index contributed by atoms with van der Waals surface area (Å²) >= 11 is 0. The average Bonchev–Trinajstić information content (AvgIpc) is 2.86. The normalized spacial score (nSPS) is 14.8. The molecule has 178 valence electrons. The Labute approximate surface area is 196 Å². The lowest BCUT2D eigenvalue weighted by Gasteiger charge is -2.31. The van der Waals surface area contributed by atoms with Crippen molar-refractivity contribution >= 4 is 11.8 Å². The maximum absolute atomic E-state index is 13.2. The summed E-state index contributed by atoms with van der Waals surface area (Å²) in [5, 5.41) is 3.14. The van der Waals surface area contributed by atoms with Crippen LogP contribution in [0.3, 0.4) is 0 Å². The molecule has 1 saturated carbocycles. The topological polar surface area (TPSA) is 77.1 Å². The molecule has 1 aliphatic carbocycles. The minimum Gasteiger partial charge on any atom is -0.496 e. The van der Waals surface area contributed by atoms with E-state index in [1.807, 2.05) is 30.3 Å². The number of carbonyl (C=O) groups is 2. The third-order valence-electron chi connectivity index (χ3n) is 6.00. The van der Waals surface area contributed by atoms with Crippen molar-refractivity contribution in [3.63, 3.8) is 0 Å². The standard InChI is InChI=1S/C26H34N2O5/c1-19(26(30)27-21-12-8-5-9-13-21)28(17-20-10-6-4-7-11-20)25(29)18-33-24-15-22(31-2)14-23(16-24)32-3/h4,6-7,10-11,14-16,19,21H,5,8-9,12-13,17-18H2,1-3H3,(H,27,30)/t19-/m0/s1. The first-order chi connectivity index (χ1) is 16.0. The molecule has 0 heterocycles. The van der Waals surface area contributed by atoms with Crippen LogP contribution in [-0.2, 0) is 16.1 Å². The Bertz CT molecular complexity index is 890. The molecule has 0 spiro atoms. The minimum absolute atomic E-state index is 0.130. The van der Waals surface area contributed by atoms with Gasteiger partial charge in [-0.3, -0.25) is 9.59 Å². The highest BCUT2D eigenvalue weighted by Crippen LogP contribution is 2.27. The number of ether oxygens (including phenoxy) is 3. The van der Waals surface area contributed by atoms with Gasteiger partial charge in [0, 0.05) is 30.8 Å². The lowest BCUT2D eigenvalue weighted by atomic mass is 9.95. The summed E-state index contributed by atoms with van der Waals surface area (Å²) in [7, 11) is 3.11. The number of rotatable bonds is 10. The van der Waals surface area contributed by atoms with Crippen molar-refractivity contribution < 1.29 is 23.8 Å². The molecule has 3 rings (SSSR count). The molecule has 1 fully saturated rings. The molecule has 0 bridgehead atoms. The zero-order valence-corrected chi connectivity index (χ0v) is 19.7. The number of carbonyl (C=O) groups excluding carboxylic acids is 2. The second kappa shape index (κ2) is 12.1. The SMILES string of the molecule is COc1cc(OC)cc(OCC(=O)N(Cc2ccccc2)[C@@H](C)C(=O)NC2CCCCC2)c1. The monoisotopic (exact) mass is 454 g/mol. The van der Waals surface area contributed by atoms with E-state index in [2.05, 4.69) is 5.32 Å². The molecule has 0 aliphatic heterocycles. The fraction of sp³-hybridized carbons (Fsp3) is 0.462. The van der Waals surface area contributed by atoms with E-state index < -0.39 is 6.04 Å². The van der Waals surface area contributed by atoms with Gasteiger partial charge in [0.1, 0.15) is 23.3 Å².